The van der Waals surface area contributed by atoms with Crippen LogP contribution in [0.2, 0.25) is 0 Å². The molecular formula is C15H21N3O11P2S. The number of amides is 1. The van der Waals surface area contributed by atoms with E-state index in [2.05, 4.69) is 43.6 Å². The number of aliphatic hydroxyl groups excluding tert-OH is 1. The Hall–Kier alpha value is -1.72. The fourth-order valence-corrected chi connectivity index (χ4v) is 4.13. The first-order valence-corrected chi connectivity index (χ1v) is 12.4. The van der Waals surface area contributed by atoms with Gasteiger partial charge in [-0.1, -0.05) is 11.8 Å². The Morgan fingerprint density at radius 1 is 1.50 bits per heavy atom. The first-order valence-electron chi connectivity index (χ1n) is 8.97. The molecule has 1 aromatic heterocycles. The summed E-state index contributed by atoms with van der Waals surface area (Å²) >= 11 is 3.93. The number of carbonyl (C=O) groups excluding carboxylic acids is 1. The molecule has 14 nitrogen and oxygen atoms in total. The fourth-order valence-electron chi connectivity index (χ4n) is 2.59. The summed E-state index contributed by atoms with van der Waals surface area (Å²) in [6.45, 7) is -0.718. The molecule has 0 radical (unpaired) electrons. The van der Waals surface area contributed by atoms with Gasteiger partial charge in [0.1, 0.15) is 17.9 Å². The molecule has 2 heterocycles. The number of rotatable bonds is 9. The third-order valence-corrected chi connectivity index (χ3v) is 6.26. The van der Waals surface area contributed by atoms with Crippen molar-refractivity contribution in [1.82, 2.24) is 14.9 Å². The highest BCUT2D eigenvalue weighted by Crippen LogP contribution is 2.51. The van der Waals surface area contributed by atoms with Crippen molar-refractivity contribution in [1.29, 1.82) is 0 Å². The number of aliphatic hydroxyl groups is 1. The molecule has 2 unspecified atom stereocenters. The molecule has 0 aromatic carbocycles. The van der Waals surface area contributed by atoms with Crippen molar-refractivity contribution in [3.8, 4) is 11.8 Å². The molecule has 1 fully saturated rings. The van der Waals surface area contributed by atoms with Crippen molar-refractivity contribution >= 4 is 34.6 Å². The number of thiol groups is 1. The Balaban J connectivity index is 2.08. The van der Waals surface area contributed by atoms with Crippen LogP contribution >= 0.6 is 28.7 Å². The van der Waals surface area contributed by atoms with Gasteiger partial charge in [0.25, 0.3) is 5.56 Å². The zero-order valence-electron chi connectivity index (χ0n) is 16.3. The molecule has 1 saturated heterocycles. The van der Waals surface area contributed by atoms with E-state index in [0.717, 1.165) is 10.8 Å². The second-order valence-corrected chi connectivity index (χ2v) is 9.22. The van der Waals surface area contributed by atoms with Gasteiger partial charge in [-0.25, -0.2) is 13.7 Å². The SMILES string of the molecule is O=C(CCS)NCC#Cc1cn([C@H]2C[C@H](O)[C@@H](COP(=O)(O)O[PH](=O)O)O2)c(=O)[nH]c1=O. The number of ether oxygens (including phenoxy) is 1. The minimum absolute atomic E-state index is 0.0350. The third kappa shape index (κ3) is 8.00. The lowest BCUT2D eigenvalue weighted by molar-refractivity contribution is -0.120. The van der Waals surface area contributed by atoms with Gasteiger partial charge in [0.15, 0.2) is 0 Å². The van der Waals surface area contributed by atoms with Crippen LogP contribution in [-0.4, -0.2) is 61.5 Å². The molecule has 0 saturated carbocycles. The molecule has 1 aliphatic rings. The summed E-state index contributed by atoms with van der Waals surface area (Å²) in [6, 6.07) is 0. The van der Waals surface area contributed by atoms with Crippen LogP contribution in [0.4, 0.5) is 0 Å². The maximum absolute atomic E-state index is 12.2. The minimum Gasteiger partial charge on any atom is -0.390 e. The standard InChI is InChI=1S/C15H21N3O11P2S/c19-10-6-13(28-11(10)8-27-31(25,26)29-30(23)24)18-7-9(14(21)17-15(18)22)2-1-4-16-12(20)3-5-32/h7,10-11,13,19,30,32H,3-6,8H2,(H,16,20)(H,23,24)(H,25,26)(H,17,21,22)/t10-,11+,13+/m0/s1. The Morgan fingerprint density at radius 3 is 2.88 bits per heavy atom. The summed E-state index contributed by atoms with van der Waals surface area (Å²) in [5.41, 5.74) is -1.72. The van der Waals surface area contributed by atoms with Crippen molar-refractivity contribution < 1.29 is 42.4 Å². The van der Waals surface area contributed by atoms with Gasteiger partial charge in [0.05, 0.1) is 19.3 Å². The number of aromatic amines is 1. The lowest BCUT2D eigenvalue weighted by Gasteiger charge is -2.17. The number of hydrogen-bond donors (Lipinski definition) is 6. The van der Waals surface area contributed by atoms with Crippen LogP contribution < -0.4 is 16.6 Å². The van der Waals surface area contributed by atoms with Gasteiger partial charge in [-0.2, -0.15) is 12.6 Å². The van der Waals surface area contributed by atoms with E-state index in [0.29, 0.717) is 5.75 Å². The van der Waals surface area contributed by atoms with Gasteiger partial charge in [-0.15, -0.1) is 0 Å². The van der Waals surface area contributed by atoms with Crippen LogP contribution in [0.1, 0.15) is 24.6 Å². The maximum atomic E-state index is 12.2. The molecule has 0 aliphatic carbocycles. The van der Waals surface area contributed by atoms with E-state index >= 15 is 0 Å². The van der Waals surface area contributed by atoms with Crippen LogP contribution in [-0.2, 0) is 27.5 Å². The maximum Gasteiger partial charge on any atom is 0.479 e. The molecule has 5 N–H and O–H groups in total. The summed E-state index contributed by atoms with van der Waals surface area (Å²) < 4.78 is 36.8. The normalized spacial score (nSPS) is 23.1. The van der Waals surface area contributed by atoms with Crippen molar-refractivity contribution in [2.24, 2.45) is 0 Å². The van der Waals surface area contributed by atoms with E-state index in [1.165, 1.54) is 0 Å². The average molecular weight is 513 g/mol. The molecule has 17 heteroatoms. The molecule has 1 aliphatic heterocycles. The molecule has 5 atom stereocenters. The molecular weight excluding hydrogens is 492 g/mol. The Kier molecular flexibility index (Phi) is 9.90. The zero-order valence-corrected chi connectivity index (χ0v) is 19.1. The van der Waals surface area contributed by atoms with Crippen LogP contribution in [0.3, 0.4) is 0 Å². The predicted octanol–water partition coefficient (Wildman–Crippen LogP) is -1.51. The summed E-state index contributed by atoms with van der Waals surface area (Å²) in [6.07, 6.45) is -2.31. The highest BCUT2D eigenvalue weighted by Gasteiger charge is 2.38. The van der Waals surface area contributed by atoms with Gasteiger partial charge in [0, 0.05) is 19.0 Å². The number of phosphoric acid groups is 1. The molecule has 1 aromatic rings. The zero-order chi connectivity index (χ0) is 23.9. The molecule has 0 bridgehead atoms. The molecule has 1 amide bonds. The molecule has 2 rings (SSSR count). The number of phosphoric ester groups is 1. The first kappa shape index (κ1) is 26.5. The van der Waals surface area contributed by atoms with E-state index in [4.69, 9.17) is 9.63 Å². The summed E-state index contributed by atoms with van der Waals surface area (Å²) in [5.74, 6) is 5.19. The Labute approximate surface area is 186 Å². The third-order valence-electron chi connectivity index (χ3n) is 4.01. The second-order valence-electron chi connectivity index (χ2n) is 6.32. The molecule has 178 valence electrons. The van der Waals surface area contributed by atoms with E-state index in [-0.39, 0.29) is 30.9 Å². The number of nitrogens with one attached hydrogen (secondary N) is 2. The summed E-state index contributed by atoms with van der Waals surface area (Å²) in [4.78, 5) is 55.4. The topological polar surface area (TPSA) is 206 Å². The summed E-state index contributed by atoms with van der Waals surface area (Å²) in [7, 11) is -8.59. The van der Waals surface area contributed by atoms with Gasteiger partial charge < -0.3 is 24.9 Å². The Bertz CT molecular complexity index is 1080. The molecule has 32 heavy (non-hydrogen) atoms. The monoisotopic (exact) mass is 513 g/mol. The number of H-pyrrole nitrogens is 1. The predicted molar refractivity (Wildman–Crippen MR) is 112 cm³/mol. The summed E-state index contributed by atoms with van der Waals surface area (Å²) in [5, 5.41) is 12.6. The van der Waals surface area contributed by atoms with Gasteiger partial charge in [0.2, 0.25) is 5.91 Å². The molecule has 0 spiro atoms. The van der Waals surface area contributed by atoms with Gasteiger partial charge in [-0.3, -0.25) is 28.2 Å². The smallest absolute Gasteiger partial charge is 0.390 e. The van der Waals surface area contributed by atoms with Crippen LogP contribution in [0.15, 0.2) is 15.8 Å². The minimum atomic E-state index is -4.85. The van der Waals surface area contributed by atoms with Crippen LogP contribution in [0.25, 0.3) is 0 Å². The van der Waals surface area contributed by atoms with E-state index in [1.54, 1.807) is 0 Å². The number of nitrogens with zero attached hydrogens (tertiary/aromatic N) is 1. The van der Waals surface area contributed by atoms with Crippen molar-refractivity contribution in [2.45, 2.75) is 31.3 Å². The highest BCUT2D eigenvalue weighted by atomic mass is 32.1. The number of aromatic nitrogens is 2. The Morgan fingerprint density at radius 2 is 2.22 bits per heavy atom. The highest BCUT2D eigenvalue weighted by molar-refractivity contribution is 7.80. The van der Waals surface area contributed by atoms with Gasteiger partial charge in [-0.05, 0) is 5.75 Å². The van der Waals surface area contributed by atoms with Crippen molar-refractivity contribution in [2.75, 3.05) is 18.9 Å². The van der Waals surface area contributed by atoms with E-state index in [1.807, 2.05) is 0 Å². The lowest BCUT2D eigenvalue weighted by Crippen LogP contribution is -2.33. The fraction of sp³-hybridized carbons (Fsp3) is 0.533. The van der Waals surface area contributed by atoms with Crippen molar-refractivity contribution in [3.63, 3.8) is 0 Å². The number of hydrogen-bond acceptors (Lipinski definition) is 10. The average Bonchev–Trinajstić information content (AvgIpc) is 3.04. The van der Waals surface area contributed by atoms with Crippen LogP contribution in [0, 0.1) is 11.8 Å². The largest absolute Gasteiger partial charge is 0.479 e. The van der Waals surface area contributed by atoms with Crippen molar-refractivity contribution in [3.05, 3.63) is 32.6 Å². The second kappa shape index (κ2) is 11.9. The first-order chi connectivity index (χ1) is 15.0. The van der Waals surface area contributed by atoms with E-state index < -0.39 is 52.4 Å². The van der Waals surface area contributed by atoms with E-state index in [9.17, 15) is 33.5 Å². The quantitative estimate of drug-likeness (QED) is 0.127. The van der Waals surface area contributed by atoms with Gasteiger partial charge >= 0.3 is 21.8 Å². The van der Waals surface area contributed by atoms with Crippen LogP contribution in [0.5, 0.6) is 0 Å². The lowest BCUT2D eigenvalue weighted by atomic mass is 10.2. The number of carbonyl (C=O) groups is 1.